The van der Waals surface area contributed by atoms with Gasteiger partial charge in [0.15, 0.2) is 0 Å². The van der Waals surface area contributed by atoms with Gasteiger partial charge in [0, 0.05) is 18.8 Å². The SMILES string of the molecule is Cc1ccnc(Nc2cccc(-c3cnc(Cc4ccc(CO)cc4)s3)n2)c1. The van der Waals surface area contributed by atoms with Crippen LogP contribution in [0.5, 0.6) is 0 Å². The number of anilines is 2. The van der Waals surface area contributed by atoms with Crippen LogP contribution in [0.1, 0.15) is 21.7 Å². The van der Waals surface area contributed by atoms with Crippen LogP contribution < -0.4 is 5.32 Å². The molecule has 0 aliphatic carbocycles. The number of hydrogen-bond acceptors (Lipinski definition) is 6. The lowest BCUT2D eigenvalue weighted by molar-refractivity contribution is 0.282. The van der Waals surface area contributed by atoms with Gasteiger partial charge in [-0.05, 0) is 47.9 Å². The van der Waals surface area contributed by atoms with E-state index in [1.54, 1.807) is 17.5 Å². The van der Waals surface area contributed by atoms with Crippen molar-refractivity contribution >= 4 is 23.0 Å². The summed E-state index contributed by atoms with van der Waals surface area (Å²) >= 11 is 1.64. The highest BCUT2D eigenvalue weighted by molar-refractivity contribution is 7.15. The molecule has 3 heterocycles. The quantitative estimate of drug-likeness (QED) is 0.499. The van der Waals surface area contributed by atoms with Gasteiger partial charge in [0.25, 0.3) is 0 Å². The molecular formula is C22H20N4OS. The molecule has 140 valence electrons. The Balaban J connectivity index is 1.50. The Morgan fingerprint density at radius 1 is 0.964 bits per heavy atom. The lowest BCUT2D eigenvalue weighted by atomic mass is 10.1. The number of nitrogens with zero attached hydrogens (tertiary/aromatic N) is 3. The standard InChI is InChI=1S/C22H20N4OS/c1-15-9-10-23-21(11-15)26-20-4-2-3-18(25-20)19-13-24-22(28-19)12-16-5-7-17(14-27)8-6-16/h2-11,13,27H,12,14H2,1H3,(H,23,25,26). The molecule has 5 nitrogen and oxygen atoms in total. The van der Waals surface area contributed by atoms with Gasteiger partial charge in [-0.25, -0.2) is 15.0 Å². The van der Waals surface area contributed by atoms with Crippen molar-refractivity contribution in [1.29, 1.82) is 0 Å². The minimum atomic E-state index is 0.0653. The summed E-state index contributed by atoms with van der Waals surface area (Å²) in [5.74, 6) is 1.53. The van der Waals surface area contributed by atoms with Crippen LogP contribution in [0.4, 0.5) is 11.6 Å². The van der Waals surface area contributed by atoms with Crippen molar-refractivity contribution in [2.24, 2.45) is 0 Å². The van der Waals surface area contributed by atoms with E-state index in [2.05, 4.69) is 15.3 Å². The Morgan fingerprint density at radius 2 is 1.79 bits per heavy atom. The van der Waals surface area contributed by atoms with E-state index >= 15 is 0 Å². The Kier molecular flexibility index (Phi) is 5.41. The second-order valence-corrected chi connectivity index (χ2v) is 7.64. The summed E-state index contributed by atoms with van der Waals surface area (Å²) in [5.41, 5.74) is 4.12. The summed E-state index contributed by atoms with van der Waals surface area (Å²) < 4.78 is 0. The fraction of sp³-hybridized carbons (Fsp3) is 0.136. The van der Waals surface area contributed by atoms with Crippen LogP contribution >= 0.6 is 11.3 Å². The summed E-state index contributed by atoms with van der Waals surface area (Å²) in [6.45, 7) is 2.10. The first-order valence-electron chi connectivity index (χ1n) is 9.00. The third kappa shape index (κ3) is 4.42. The third-order valence-corrected chi connectivity index (χ3v) is 5.31. The highest BCUT2D eigenvalue weighted by Crippen LogP contribution is 2.27. The van der Waals surface area contributed by atoms with Crippen LogP contribution in [0.3, 0.4) is 0 Å². The van der Waals surface area contributed by atoms with Gasteiger partial charge in [0.2, 0.25) is 0 Å². The predicted octanol–water partition coefficient (Wildman–Crippen LogP) is 4.74. The van der Waals surface area contributed by atoms with Gasteiger partial charge in [-0.15, -0.1) is 11.3 Å². The van der Waals surface area contributed by atoms with E-state index in [0.29, 0.717) is 0 Å². The topological polar surface area (TPSA) is 70.9 Å². The summed E-state index contributed by atoms with van der Waals surface area (Å²) in [7, 11) is 0. The zero-order valence-electron chi connectivity index (χ0n) is 15.5. The lowest BCUT2D eigenvalue weighted by Gasteiger charge is -2.06. The minimum absolute atomic E-state index is 0.0653. The zero-order valence-corrected chi connectivity index (χ0v) is 16.3. The highest BCUT2D eigenvalue weighted by atomic mass is 32.1. The van der Waals surface area contributed by atoms with Crippen molar-refractivity contribution in [1.82, 2.24) is 15.0 Å². The normalized spacial score (nSPS) is 10.8. The number of aryl methyl sites for hydroxylation is 1. The number of thiazole rings is 1. The lowest BCUT2D eigenvalue weighted by Crippen LogP contribution is -1.96. The Morgan fingerprint density at radius 3 is 2.57 bits per heavy atom. The van der Waals surface area contributed by atoms with Crippen LogP contribution in [0, 0.1) is 6.92 Å². The van der Waals surface area contributed by atoms with Crippen molar-refractivity contribution in [3.05, 3.63) is 88.7 Å². The molecule has 4 aromatic rings. The largest absolute Gasteiger partial charge is 0.392 e. The van der Waals surface area contributed by atoms with Crippen molar-refractivity contribution in [2.75, 3.05) is 5.32 Å². The molecule has 4 rings (SSSR count). The van der Waals surface area contributed by atoms with Gasteiger partial charge in [0.1, 0.15) is 11.6 Å². The first kappa shape index (κ1) is 18.3. The molecule has 0 spiro atoms. The maximum absolute atomic E-state index is 9.15. The van der Waals surface area contributed by atoms with E-state index in [0.717, 1.165) is 44.8 Å². The second kappa shape index (κ2) is 8.29. The Hall–Kier alpha value is -3.09. The summed E-state index contributed by atoms with van der Waals surface area (Å²) in [6, 6.07) is 17.8. The smallest absolute Gasteiger partial charge is 0.132 e. The Labute approximate surface area is 167 Å². The highest BCUT2D eigenvalue weighted by Gasteiger charge is 2.08. The number of rotatable bonds is 6. The molecule has 28 heavy (non-hydrogen) atoms. The van der Waals surface area contributed by atoms with Gasteiger partial charge in [-0.1, -0.05) is 30.3 Å². The number of hydrogen-bond donors (Lipinski definition) is 2. The Bertz CT molecular complexity index is 1080. The average Bonchev–Trinajstić information content (AvgIpc) is 3.17. The average molecular weight is 388 g/mol. The first-order valence-corrected chi connectivity index (χ1v) is 9.82. The van der Waals surface area contributed by atoms with Crippen LogP contribution in [0.15, 0.2) is 67.0 Å². The molecule has 1 aromatic carbocycles. The minimum Gasteiger partial charge on any atom is -0.392 e. The van der Waals surface area contributed by atoms with Crippen LogP contribution in [-0.4, -0.2) is 20.1 Å². The van der Waals surface area contributed by atoms with E-state index in [1.807, 2.05) is 67.7 Å². The number of aliphatic hydroxyl groups excluding tert-OH is 1. The summed E-state index contributed by atoms with van der Waals surface area (Å²) in [4.78, 5) is 14.6. The zero-order chi connectivity index (χ0) is 19.3. The van der Waals surface area contributed by atoms with Gasteiger partial charge in [0.05, 0.1) is 22.2 Å². The molecule has 0 saturated carbocycles. The molecular weight excluding hydrogens is 368 g/mol. The van der Waals surface area contributed by atoms with E-state index in [9.17, 15) is 0 Å². The van der Waals surface area contributed by atoms with Gasteiger partial charge >= 0.3 is 0 Å². The molecule has 0 fully saturated rings. The molecule has 0 amide bonds. The number of benzene rings is 1. The number of aromatic nitrogens is 3. The van der Waals surface area contributed by atoms with Crippen molar-refractivity contribution in [2.45, 2.75) is 20.0 Å². The fourth-order valence-electron chi connectivity index (χ4n) is 2.82. The van der Waals surface area contributed by atoms with E-state index in [1.165, 1.54) is 5.56 Å². The molecule has 0 aliphatic heterocycles. The molecule has 2 N–H and O–H groups in total. The van der Waals surface area contributed by atoms with Crippen LogP contribution in [-0.2, 0) is 13.0 Å². The number of pyridine rings is 2. The van der Waals surface area contributed by atoms with Crippen molar-refractivity contribution < 1.29 is 5.11 Å². The summed E-state index contributed by atoms with van der Waals surface area (Å²) in [5, 5.41) is 13.4. The molecule has 3 aromatic heterocycles. The van der Waals surface area contributed by atoms with Gasteiger partial charge in [-0.3, -0.25) is 0 Å². The maximum Gasteiger partial charge on any atom is 0.132 e. The van der Waals surface area contributed by atoms with Crippen LogP contribution in [0.2, 0.25) is 0 Å². The van der Waals surface area contributed by atoms with E-state index in [-0.39, 0.29) is 6.61 Å². The number of aliphatic hydroxyl groups is 1. The van der Waals surface area contributed by atoms with Gasteiger partial charge in [-0.2, -0.15) is 0 Å². The monoisotopic (exact) mass is 388 g/mol. The third-order valence-electron chi connectivity index (χ3n) is 4.29. The first-order chi connectivity index (χ1) is 13.7. The molecule has 0 saturated heterocycles. The molecule has 0 aliphatic rings. The molecule has 0 atom stereocenters. The van der Waals surface area contributed by atoms with Crippen molar-refractivity contribution in [3.8, 4) is 10.6 Å². The predicted molar refractivity (Wildman–Crippen MR) is 113 cm³/mol. The molecule has 0 unspecified atom stereocenters. The molecule has 0 bridgehead atoms. The van der Waals surface area contributed by atoms with Crippen LogP contribution in [0.25, 0.3) is 10.6 Å². The van der Waals surface area contributed by atoms with Crippen molar-refractivity contribution in [3.63, 3.8) is 0 Å². The fourth-order valence-corrected chi connectivity index (χ4v) is 3.75. The molecule has 0 radical (unpaired) electrons. The van der Waals surface area contributed by atoms with E-state index < -0.39 is 0 Å². The maximum atomic E-state index is 9.15. The summed E-state index contributed by atoms with van der Waals surface area (Å²) in [6.07, 6.45) is 4.42. The van der Waals surface area contributed by atoms with Gasteiger partial charge < -0.3 is 10.4 Å². The number of nitrogens with one attached hydrogen (secondary N) is 1. The van der Waals surface area contributed by atoms with E-state index in [4.69, 9.17) is 10.1 Å². The molecule has 6 heteroatoms. The second-order valence-electron chi connectivity index (χ2n) is 6.52.